The number of hydrogen-bond donors (Lipinski definition) is 2. The summed E-state index contributed by atoms with van der Waals surface area (Å²) in [5, 5.41) is 7.63. The lowest BCUT2D eigenvalue weighted by Crippen LogP contribution is -2.20. The van der Waals surface area contributed by atoms with E-state index in [4.69, 9.17) is 9.97 Å². The third-order valence-corrected chi connectivity index (χ3v) is 7.25. The van der Waals surface area contributed by atoms with E-state index in [9.17, 15) is 8.78 Å². The Bertz CT molecular complexity index is 1100. The van der Waals surface area contributed by atoms with E-state index in [1.807, 2.05) is 19.9 Å². The van der Waals surface area contributed by atoms with Crippen LogP contribution in [0.2, 0.25) is 0 Å². The van der Waals surface area contributed by atoms with Crippen molar-refractivity contribution in [1.82, 2.24) is 19.9 Å². The number of aryl methyl sites for hydroxylation is 2. The van der Waals surface area contributed by atoms with Crippen molar-refractivity contribution in [2.75, 3.05) is 17.2 Å². The van der Waals surface area contributed by atoms with Gasteiger partial charge in [0.25, 0.3) is 0 Å². The number of halogens is 2. The Morgan fingerprint density at radius 3 is 2.65 bits per heavy atom. The van der Waals surface area contributed by atoms with Crippen LogP contribution in [0, 0.1) is 25.7 Å². The molecule has 3 heterocycles. The zero-order chi connectivity index (χ0) is 21.5. The molecule has 3 aromatic heterocycles. The second kappa shape index (κ2) is 8.26. The van der Waals surface area contributed by atoms with Crippen molar-refractivity contribution in [1.29, 1.82) is 0 Å². The molecule has 9 heteroatoms. The number of fused-ring (bicyclic) bond motifs is 1. The Hall–Kier alpha value is -2.42. The minimum atomic E-state index is -2.27. The predicted molar refractivity (Wildman–Crippen MR) is 120 cm³/mol. The first-order valence-corrected chi connectivity index (χ1v) is 11.7. The second-order valence-corrected chi connectivity index (χ2v) is 9.72. The molecule has 0 aromatic carbocycles. The first-order chi connectivity index (χ1) is 15.0. The summed E-state index contributed by atoms with van der Waals surface area (Å²) < 4.78 is 27.4. The summed E-state index contributed by atoms with van der Waals surface area (Å²) in [6.07, 6.45) is 3.70. The number of nitrogens with one attached hydrogen (secondary N) is 2. The first kappa shape index (κ1) is 20.5. The summed E-state index contributed by atoms with van der Waals surface area (Å²) >= 11 is 1.58. The lowest BCUT2D eigenvalue weighted by Gasteiger charge is -2.18. The number of aromatic nitrogens is 4. The van der Waals surface area contributed by atoms with Crippen LogP contribution in [0.15, 0.2) is 12.3 Å². The van der Waals surface area contributed by atoms with Crippen molar-refractivity contribution >= 4 is 33.3 Å². The number of thiazole rings is 1. The molecule has 2 unspecified atom stereocenters. The molecule has 3 aromatic rings. The zero-order valence-corrected chi connectivity index (χ0v) is 18.5. The van der Waals surface area contributed by atoms with Crippen LogP contribution in [0.5, 0.6) is 0 Å². The normalized spacial score (nSPS) is 21.2. The summed E-state index contributed by atoms with van der Waals surface area (Å²) in [5.41, 5.74) is 3.43. The fraction of sp³-hybridized carbons (Fsp3) is 0.545. The van der Waals surface area contributed by atoms with Crippen molar-refractivity contribution in [3.8, 4) is 10.6 Å². The van der Waals surface area contributed by atoms with Gasteiger partial charge in [-0.3, -0.25) is 4.98 Å². The van der Waals surface area contributed by atoms with E-state index >= 15 is 0 Å². The Balaban J connectivity index is 1.51. The molecule has 0 spiro atoms. The van der Waals surface area contributed by atoms with Gasteiger partial charge in [-0.05, 0) is 57.9 Å². The van der Waals surface area contributed by atoms with Gasteiger partial charge in [0, 0.05) is 24.7 Å². The van der Waals surface area contributed by atoms with Crippen LogP contribution in [0.3, 0.4) is 0 Å². The highest BCUT2D eigenvalue weighted by atomic mass is 32.1. The van der Waals surface area contributed by atoms with Crippen LogP contribution in [-0.2, 0) is 0 Å². The van der Waals surface area contributed by atoms with Crippen molar-refractivity contribution in [3.63, 3.8) is 0 Å². The van der Waals surface area contributed by atoms with Crippen LogP contribution in [0.4, 0.5) is 20.5 Å². The summed E-state index contributed by atoms with van der Waals surface area (Å²) in [5.74, 6) is 1.40. The fourth-order valence-electron chi connectivity index (χ4n) is 4.23. The topological polar surface area (TPSA) is 75.6 Å². The van der Waals surface area contributed by atoms with Crippen molar-refractivity contribution in [2.45, 2.75) is 58.4 Å². The lowest BCUT2D eigenvalue weighted by atomic mass is 10.1. The highest BCUT2D eigenvalue weighted by Gasteiger charge is 2.32. The molecule has 31 heavy (non-hydrogen) atoms. The molecule has 2 aliphatic rings. The van der Waals surface area contributed by atoms with Crippen molar-refractivity contribution in [3.05, 3.63) is 23.7 Å². The second-order valence-electron chi connectivity index (χ2n) is 8.69. The van der Waals surface area contributed by atoms with E-state index < -0.39 is 12.3 Å². The highest BCUT2D eigenvalue weighted by Crippen LogP contribution is 2.39. The molecular weight excluding hydrogens is 418 g/mol. The molecule has 0 aliphatic heterocycles. The maximum absolute atomic E-state index is 13.2. The molecule has 0 saturated heterocycles. The maximum Gasteiger partial charge on any atom is 0.241 e. The molecule has 0 bridgehead atoms. The van der Waals surface area contributed by atoms with Crippen LogP contribution < -0.4 is 10.6 Å². The van der Waals surface area contributed by atoms with Gasteiger partial charge in [0.2, 0.25) is 12.4 Å². The van der Waals surface area contributed by atoms with Gasteiger partial charge in [-0.1, -0.05) is 0 Å². The largest absolute Gasteiger partial charge is 0.367 e. The van der Waals surface area contributed by atoms with Gasteiger partial charge in [-0.2, -0.15) is 4.98 Å². The molecular formula is C22H26F2N6S. The molecule has 0 amide bonds. The molecule has 164 valence electrons. The average Bonchev–Trinajstić information content (AvgIpc) is 3.26. The van der Waals surface area contributed by atoms with E-state index in [-0.39, 0.29) is 6.04 Å². The van der Waals surface area contributed by atoms with E-state index in [1.165, 1.54) is 12.8 Å². The van der Waals surface area contributed by atoms with Crippen LogP contribution >= 0.6 is 11.3 Å². The highest BCUT2D eigenvalue weighted by molar-refractivity contribution is 7.21. The fourth-order valence-corrected chi connectivity index (χ4v) is 5.34. The Morgan fingerprint density at radius 2 is 1.94 bits per heavy atom. The quantitative estimate of drug-likeness (QED) is 0.506. The standard InChI is InChI=1S/C22H26F2N6S/c1-11-17(21-29-18-12(2)25-8-7-16(18)31-21)20(28-15-6-5-14(9-15)19(23)24)30-22(27-11)26-10-13-3-4-13/h7-8,13-15,19H,3-6,9-10H2,1-2H3,(H2,26,27,28,30). The Morgan fingerprint density at radius 1 is 1.10 bits per heavy atom. The summed E-state index contributed by atoms with van der Waals surface area (Å²) in [6, 6.07) is 1.93. The van der Waals surface area contributed by atoms with Crippen LogP contribution in [0.1, 0.15) is 43.5 Å². The first-order valence-electron chi connectivity index (χ1n) is 10.9. The van der Waals surface area contributed by atoms with Gasteiger partial charge in [0.1, 0.15) is 16.3 Å². The smallest absolute Gasteiger partial charge is 0.241 e. The predicted octanol–water partition coefficient (Wildman–Crippen LogP) is 5.43. The van der Waals surface area contributed by atoms with E-state index in [2.05, 4.69) is 20.6 Å². The van der Waals surface area contributed by atoms with Crippen molar-refractivity contribution in [2.24, 2.45) is 11.8 Å². The number of pyridine rings is 1. The molecule has 2 saturated carbocycles. The Kier molecular flexibility index (Phi) is 5.45. The monoisotopic (exact) mass is 444 g/mol. The third-order valence-electron chi connectivity index (χ3n) is 6.21. The molecule has 0 radical (unpaired) electrons. The van der Waals surface area contributed by atoms with Crippen LogP contribution in [0.25, 0.3) is 20.8 Å². The number of nitrogens with zero attached hydrogens (tertiary/aromatic N) is 4. The van der Waals surface area contributed by atoms with Crippen molar-refractivity contribution < 1.29 is 8.78 Å². The molecule has 6 nitrogen and oxygen atoms in total. The van der Waals surface area contributed by atoms with E-state index in [0.717, 1.165) is 38.7 Å². The summed E-state index contributed by atoms with van der Waals surface area (Å²) in [7, 11) is 0. The van der Waals surface area contributed by atoms with E-state index in [1.54, 1.807) is 17.5 Å². The van der Waals surface area contributed by atoms with Gasteiger partial charge >= 0.3 is 0 Å². The SMILES string of the molecule is Cc1nc(NCC2CC2)nc(NC2CCC(C(F)F)C2)c1-c1nc2c(C)nccc2s1. The molecule has 2 aliphatic carbocycles. The summed E-state index contributed by atoms with van der Waals surface area (Å²) in [4.78, 5) is 18.6. The van der Waals surface area contributed by atoms with Gasteiger partial charge in [0.05, 0.1) is 21.7 Å². The molecule has 5 rings (SSSR count). The van der Waals surface area contributed by atoms with Gasteiger partial charge in [-0.25, -0.2) is 18.7 Å². The minimum absolute atomic E-state index is 0.0267. The molecule has 2 fully saturated rings. The van der Waals surface area contributed by atoms with Gasteiger partial charge in [-0.15, -0.1) is 11.3 Å². The number of anilines is 2. The number of alkyl halides is 2. The summed E-state index contributed by atoms with van der Waals surface area (Å²) in [6.45, 7) is 4.77. The Labute approximate surface area is 183 Å². The minimum Gasteiger partial charge on any atom is -0.367 e. The zero-order valence-electron chi connectivity index (χ0n) is 17.7. The van der Waals surface area contributed by atoms with E-state index in [0.29, 0.717) is 36.9 Å². The van der Waals surface area contributed by atoms with Crippen LogP contribution in [-0.4, -0.2) is 38.9 Å². The molecule has 2 N–H and O–H groups in total. The van der Waals surface area contributed by atoms with Gasteiger partial charge in [0.15, 0.2) is 0 Å². The lowest BCUT2D eigenvalue weighted by molar-refractivity contribution is 0.0803. The van der Waals surface area contributed by atoms with Gasteiger partial charge < -0.3 is 10.6 Å². The third kappa shape index (κ3) is 4.33. The number of hydrogen-bond acceptors (Lipinski definition) is 7. The number of rotatable bonds is 7. The maximum atomic E-state index is 13.2. The average molecular weight is 445 g/mol. The molecule has 2 atom stereocenters.